The average Bonchev–Trinajstić information content (AvgIpc) is 3.38. The van der Waals surface area contributed by atoms with Gasteiger partial charge in [-0.05, 0) is 70.9 Å². The van der Waals surface area contributed by atoms with Gasteiger partial charge < -0.3 is 19.5 Å². The van der Waals surface area contributed by atoms with Gasteiger partial charge in [-0.1, -0.05) is 42.5 Å². The van der Waals surface area contributed by atoms with E-state index in [0.717, 1.165) is 0 Å². The number of nitrogens with zero attached hydrogens (tertiary/aromatic N) is 5. The summed E-state index contributed by atoms with van der Waals surface area (Å²) in [7, 11) is -3.71. The third-order valence-corrected chi connectivity index (χ3v) is 11.3. The molecular formula is C32H32BrF3N6O4S. The number of alkyl halides is 3. The Hall–Kier alpha value is -3.95. The Labute approximate surface area is 278 Å². The molecule has 47 heavy (non-hydrogen) atoms. The third-order valence-electron chi connectivity index (χ3n) is 8.37. The van der Waals surface area contributed by atoms with Crippen molar-refractivity contribution < 1.29 is 30.8 Å². The number of carbonyl (C=O) groups is 1. The summed E-state index contributed by atoms with van der Waals surface area (Å²) in [5.74, 6) is -1.19. The number of oxazole rings is 1. The second kappa shape index (κ2) is 13.6. The summed E-state index contributed by atoms with van der Waals surface area (Å²) < 4.78 is 75.7. The van der Waals surface area contributed by atoms with Crippen molar-refractivity contribution in [3.8, 4) is 0 Å². The highest BCUT2D eigenvalue weighted by Crippen LogP contribution is 2.36. The van der Waals surface area contributed by atoms with Gasteiger partial charge in [0.05, 0.1) is 16.8 Å². The first-order valence-electron chi connectivity index (χ1n) is 15.2. The number of hydrogen-bond donors (Lipinski definition) is 1. The predicted molar refractivity (Wildman–Crippen MR) is 174 cm³/mol. The molecule has 2 fully saturated rings. The van der Waals surface area contributed by atoms with Crippen LogP contribution in [0.2, 0.25) is 0 Å². The van der Waals surface area contributed by atoms with Crippen molar-refractivity contribution in [2.75, 3.05) is 54.4 Å². The molecule has 1 amide bonds. The Bertz CT molecular complexity index is 1810. The second-order valence-electron chi connectivity index (χ2n) is 11.4. The van der Waals surface area contributed by atoms with Gasteiger partial charge >= 0.3 is 6.18 Å². The Morgan fingerprint density at radius 2 is 1.62 bits per heavy atom. The summed E-state index contributed by atoms with van der Waals surface area (Å²) in [4.78, 5) is 24.9. The monoisotopic (exact) mass is 732 g/mol. The molecule has 6 rings (SSSR count). The van der Waals surface area contributed by atoms with Crippen molar-refractivity contribution in [3.63, 3.8) is 0 Å². The van der Waals surface area contributed by atoms with Crippen LogP contribution in [0.25, 0.3) is 0 Å². The molecule has 0 radical (unpaired) electrons. The number of halogens is 4. The molecule has 10 nitrogen and oxygen atoms in total. The number of benzene rings is 2. The van der Waals surface area contributed by atoms with Gasteiger partial charge in [0.1, 0.15) is 5.82 Å². The van der Waals surface area contributed by atoms with Gasteiger partial charge in [-0.2, -0.15) is 22.5 Å². The largest absolute Gasteiger partial charge is 0.437 e. The van der Waals surface area contributed by atoms with Crippen LogP contribution in [0, 0.1) is 0 Å². The van der Waals surface area contributed by atoms with Crippen molar-refractivity contribution in [1.29, 1.82) is 0 Å². The standard InChI is InChI=1S/C32H32BrF3N6O4S/c33-25-9-4-5-10-26(25)47(44,45)42-16-6-15-40(19-20-42)27-12-11-24(21-37-27)38-30(43)28-29(32(34,35)36)39-31(46-28)41-17-13-23(14-18-41)22-7-2-1-3-8-22/h1-5,7-12,21,23H,6,13-20H2,(H,38,43). The van der Waals surface area contributed by atoms with Crippen LogP contribution in [0.1, 0.15) is 47.0 Å². The summed E-state index contributed by atoms with van der Waals surface area (Å²) in [6.45, 7) is 2.36. The fourth-order valence-corrected chi connectivity index (χ4v) is 8.34. The fourth-order valence-electron chi connectivity index (χ4n) is 5.91. The predicted octanol–water partition coefficient (Wildman–Crippen LogP) is 6.39. The number of aromatic nitrogens is 2. The lowest BCUT2D eigenvalue weighted by Crippen LogP contribution is -2.35. The van der Waals surface area contributed by atoms with Crippen LogP contribution in [-0.4, -0.2) is 67.9 Å². The van der Waals surface area contributed by atoms with E-state index in [2.05, 4.69) is 31.2 Å². The van der Waals surface area contributed by atoms with Gasteiger partial charge in [0.15, 0.2) is 5.69 Å². The molecule has 248 valence electrons. The summed E-state index contributed by atoms with van der Waals surface area (Å²) >= 11 is 3.32. The molecule has 0 aliphatic carbocycles. The first kappa shape index (κ1) is 33.0. The van der Waals surface area contributed by atoms with E-state index >= 15 is 0 Å². The molecule has 2 aliphatic rings. The van der Waals surface area contributed by atoms with Crippen molar-refractivity contribution in [2.24, 2.45) is 0 Å². The van der Waals surface area contributed by atoms with E-state index in [9.17, 15) is 26.4 Å². The van der Waals surface area contributed by atoms with Crippen molar-refractivity contribution in [3.05, 3.63) is 94.4 Å². The minimum absolute atomic E-state index is 0.168. The third kappa shape index (κ3) is 7.31. The van der Waals surface area contributed by atoms with Crippen LogP contribution in [0.5, 0.6) is 0 Å². The van der Waals surface area contributed by atoms with E-state index in [-0.39, 0.29) is 29.1 Å². The van der Waals surface area contributed by atoms with E-state index in [4.69, 9.17) is 4.42 Å². The molecule has 4 aromatic rings. The summed E-state index contributed by atoms with van der Waals surface area (Å²) in [6, 6.07) is 19.5. The first-order chi connectivity index (χ1) is 22.5. The van der Waals surface area contributed by atoms with E-state index in [0.29, 0.717) is 62.3 Å². The molecule has 2 aliphatic heterocycles. The van der Waals surface area contributed by atoms with E-state index in [1.165, 1.54) is 22.1 Å². The fraction of sp³-hybridized carbons (Fsp3) is 0.344. The molecule has 0 spiro atoms. The Balaban J connectivity index is 1.10. The molecule has 0 saturated carbocycles. The molecule has 0 bridgehead atoms. The Morgan fingerprint density at radius 3 is 2.30 bits per heavy atom. The van der Waals surface area contributed by atoms with Crippen molar-refractivity contribution in [2.45, 2.75) is 36.3 Å². The SMILES string of the molecule is O=C(Nc1ccc(N2CCCN(S(=O)(=O)c3ccccc3Br)CC2)nc1)c1oc(N2CCC(c3ccccc3)CC2)nc1C(F)(F)F. The summed E-state index contributed by atoms with van der Waals surface area (Å²) in [5, 5.41) is 2.44. The van der Waals surface area contributed by atoms with Crippen LogP contribution in [0.4, 0.5) is 30.7 Å². The second-order valence-corrected chi connectivity index (χ2v) is 14.1. The Kier molecular flexibility index (Phi) is 9.58. The molecule has 15 heteroatoms. The van der Waals surface area contributed by atoms with Crippen molar-refractivity contribution in [1.82, 2.24) is 14.3 Å². The number of rotatable bonds is 7. The average molecular weight is 734 g/mol. The molecule has 1 N–H and O–H groups in total. The zero-order valence-electron chi connectivity index (χ0n) is 25.2. The maximum Gasteiger partial charge on any atom is 0.437 e. The summed E-state index contributed by atoms with van der Waals surface area (Å²) in [6.07, 6.45) is -1.58. The van der Waals surface area contributed by atoms with E-state index in [1.54, 1.807) is 35.2 Å². The van der Waals surface area contributed by atoms with Gasteiger partial charge in [-0.25, -0.2) is 13.4 Å². The quantitative estimate of drug-likeness (QED) is 0.233. The maximum absolute atomic E-state index is 13.9. The summed E-state index contributed by atoms with van der Waals surface area (Å²) in [5.41, 5.74) is -0.0368. The lowest BCUT2D eigenvalue weighted by Gasteiger charge is -2.31. The molecule has 2 aromatic carbocycles. The molecule has 2 saturated heterocycles. The molecule has 0 atom stereocenters. The normalized spacial score (nSPS) is 17.0. The van der Waals surface area contributed by atoms with Crippen LogP contribution < -0.4 is 15.1 Å². The number of hydrogen-bond acceptors (Lipinski definition) is 8. The van der Waals surface area contributed by atoms with Gasteiger partial charge in [0.2, 0.25) is 15.8 Å². The zero-order chi connectivity index (χ0) is 33.2. The van der Waals surface area contributed by atoms with Crippen LogP contribution in [-0.2, 0) is 16.2 Å². The topological polar surface area (TPSA) is 112 Å². The number of carbonyl (C=O) groups excluding carboxylic acids is 1. The highest BCUT2D eigenvalue weighted by atomic mass is 79.9. The lowest BCUT2D eigenvalue weighted by molar-refractivity contribution is -0.141. The highest BCUT2D eigenvalue weighted by Gasteiger charge is 2.42. The van der Waals surface area contributed by atoms with Gasteiger partial charge in [-0.3, -0.25) is 4.79 Å². The molecular weight excluding hydrogens is 701 g/mol. The number of sulfonamides is 1. The van der Waals surface area contributed by atoms with Gasteiger partial charge in [0, 0.05) is 43.7 Å². The number of anilines is 3. The molecule has 2 aromatic heterocycles. The molecule has 4 heterocycles. The van der Waals surface area contributed by atoms with E-state index < -0.39 is 33.6 Å². The van der Waals surface area contributed by atoms with Gasteiger partial charge in [0.25, 0.3) is 11.9 Å². The van der Waals surface area contributed by atoms with E-state index in [1.807, 2.05) is 35.2 Å². The number of amides is 1. The minimum atomic E-state index is -4.90. The van der Waals surface area contributed by atoms with Crippen LogP contribution in [0.3, 0.4) is 0 Å². The highest BCUT2D eigenvalue weighted by molar-refractivity contribution is 9.10. The number of piperidine rings is 1. The first-order valence-corrected chi connectivity index (χ1v) is 17.4. The zero-order valence-corrected chi connectivity index (χ0v) is 27.6. The molecule has 0 unspecified atom stereocenters. The smallest absolute Gasteiger partial charge is 0.417 e. The number of pyridine rings is 1. The minimum Gasteiger partial charge on any atom is -0.417 e. The number of nitrogens with one attached hydrogen (secondary N) is 1. The maximum atomic E-state index is 13.9. The van der Waals surface area contributed by atoms with Gasteiger partial charge in [-0.15, -0.1) is 0 Å². The van der Waals surface area contributed by atoms with Crippen LogP contribution >= 0.6 is 15.9 Å². The Morgan fingerprint density at radius 1 is 0.894 bits per heavy atom. The van der Waals surface area contributed by atoms with Crippen LogP contribution in [0.15, 0.2) is 86.7 Å². The van der Waals surface area contributed by atoms with Crippen molar-refractivity contribution >= 4 is 49.4 Å². The lowest BCUT2D eigenvalue weighted by atomic mass is 9.90.